The zero-order chi connectivity index (χ0) is 14.9. The zero-order valence-electron chi connectivity index (χ0n) is 11.0. The molecule has 0 fully saturated rings. The van der Waals surface area contributed by atoms with Crippen LogP contribution in [0.5, 0.6) is 0 Å². The Morgan fingerprint density at radius 1 is 1.40 bits per heavy atom. The van der Waals surface area contributed by atoms with E-state index in [1.807, 2.05) is 0 Å². The van der Waals surface area contributed by atoms with Gasteiger partial charge in [0.25, 0.3) is 0 Å². The molecule has 0 bridgehead atoms. The molecule has 0 aliphatic heterocycles. The monoisotopic (exact) mass is 299 g/mol. The highest BCUT2D eigenvalue weighted by Crippen LogP contribution is 2.25. The molecule has 1 aromatic carbocycles. The van der Waals surface area contributed by atoms with E-state index in [0.717, 1.165) is 17.4 Å². The Morgan fingerprint density at radius 2 is 2.10 bits per heavy atom. The van der Waals surface area contributed by atoms with E-state index in [9.17, 15) is 18.3 Å². The number of benzene rings is 1. The summed E-state index contributed by atoms with van der Waals surface area (Å²) in [7, 11) is -3.23. The van der Waals surface area contributed by atoms with Crippen LogP contribution in [0.1, 0.15) is 29.2 Å². The molecular weight excluding hydrogens is 282 g/mol. The van der Waals surface area contributed by atoms with E-state index in [0.29, 0.717) is 24.8 Å². The molecule has 0 amide bonds. The van der Waals surface area contributed by atoms with E-state index in [-0.39, 0.29) is 6.04 Å². The Bertz CT molecular complexity index is 626. The van der Waals surface area contributed by atoms with Crippen LogP contribution >= 0.6 is 0 Å². The number of fused-ring (bicyclic) bond motifs is 1. The number of hydrogen-bond donors (Lipinski definition) is 3. The van der Waals surface area contributed by atoms with Crippen LogP contribution in [0.25, 0.3) is 0 Å². The summed E-state index contributed by atoms with van der Waals surface area (Å²) < 4.78 is 25.0. The normalized spacial score (nSPS) is 20.2. The van der Waals surface area contributed by atoms with Crippen molar-refractivity contribution < 1.29 is 23.4 Å². The van der Waals surface area contributed by atoms with Gasteiger partial charge in [0.15, 0.2) is 6.10 Å². The minimum absolute atomic E-state index is 0.132. The maximum absolute atomic E-state index is 11.2. The molecule has 6 nitrogen and oxygen atoms in total. The van der Waals surface area contributed by atoms with Gasteiger partial charge in [0.1, 0.15) is 0 Å². The van der Waals surface area contributed by atoms with Crippen LogP contribution < -0.4 is 4.72 Å². The molecule has 2 unspecified atom stereocenters. The lowest BCUT2D eigenvalue weighted by atomic mass is 9.87. The molecule has 3 N–H and O–H groups in total. The summed E-state index contributed by atoms with van der Waals surface area (Å²) in [4.78, 5) is 10.7. The molecule has 20 heavy (non-hydrogen) atoms. The zero-order valence-corrected chi connectivity index (χ0v) is 11.9. The number of aliphatic hydroxyl groups excluding tert-OH is 1. The number of carbonyl (C=O) groups is 1. The van der Waals surface area contributed by atoms with Crippen LogP contribution in [0.4, 0.5) is 0 Å². The van der Waals surface area contributed by atoms with Crippen LogP contribution in [0.3, 0.4) is 0 Å². The average molecular weight is 299 g/mol. The van der Waals surface area contributed by atoms with Gasteiger partial charge in [-0.2, -0.15) is 0 Å². The Hall–Kier alpha value is -1.44. The van der Waals surface area contributed by atoms with Crippen molar-refractivity contribution in [1.82, 2.24) is 4.72 Å². The smallest absolute Gasteiger partial charge is 0.337 e. The van der Waals surface area contributed by atoms with E-state index < -0.39 is 22.1 Å². The molecule has 1 aliphatic rings. The Kier molecular flexibility index (Phi) is 4.12. The van der Waals surface area contributed by atoms with Crippen LogP contribution in [-0.4, -0.2) is 36.9 Å². The summed E-state index contributed by atoms with van der Waals surface area (Å²) in [5.41, 5.74) is 2.30. The van der Waals surface area contributed by atoms with Crippen molar-refractivity contribution in [3.63, 3.8) is 0 Å². The van der Waals surface area contributed by atoms with Crippen molar-refractivity contribution in [2.45, 2.75) is 31.4 Å². The van der Waals surface area contributed by atoms with Gasteiger partial charge in [-0.25, -0.2) is 17.9 Å². The fourth-order valence-corrected chi connectivity index (χ4v) is 3.30. The van der Waals surface area contributed by atoms with Gasteiger partial charge in [0.2, 0.25) is 10.0 Å². The van der Waals surface area contributed by atoms with Crippen LogP contribution in [-0.2, 0) is 27.7 Å². The lowest BCUT2D eigenvalue weighted by Crippen LogP contribution is -2.38. The number of hydrogen-bond acceptors (Lipinski definition) is 4. The third kappa shape index (κ3) is 3.56. The van der Waals surface area contributed by atoms with Gasteiger partial charge < -0.3 is 10.2 Å². The highest BCUT2D eigenvalue weighted by molar-refractivity contribution is 7.88. The molecule has 2 atom stereocenters. The SMILES string of the molecule is CS(=O)(=O)NC1CCc2cc(C(O)C(=O)O)ccc2C1. The summed E-state index contributed by atoms with van der Waals surface area (Å²) in [5.74, 6) is -1.28. The lowest BCUT2D eigenvalue weighted by molar-refractivity contribution is -0.146. The minimum Gasteiger partial charge on any atom is -0.479 e. The number of aliphatic hydroxyl groups is 1. The van der Waals surface area contributed by atoms with Gasteiger partial charge in [0, 0.05) is 6.04 Å². The summed E-state index contributed by atoms with van der Waals surface area (Å²) >= 11 is 0. The van der Waals surface area contributed by atoms with E-state index in [1.165, 1.54) is 0 Å². The highest BCUT2D eigenvalue weighted by atomic mass is 32.2. The predicted molar refractivity (Wildman–Crippen MR) is 72.8 cm³/mol. The lowest BCUT2D eigenvalue weighted by Gasteiger charge is -2.25. The first-order chi connectivity index (χ1) is 9.26. The fraction of sp³-hybridized carbons (Fsp3) is 0.462. The maximum atomic E-state index is 11.2. The van der Waals surface area contributed by atoms with E-state index >= 15 is 0 Å². The van der Waals surface area contributed by atoms with E-state index in [4.69, 9.17) is 5.11 Å². The number of carboxylic acids is 1. The van der Waals surface area contributed by atoms with Crippen molar-refractivity contribution in [3.05, 3.63) is 34.9 Å². The first-order valence-corrected chi connectivity index (χ1v) is 8.15. The molecule has 1 aliphatic carbocycles. The summed E-state index contributed by atoms with van der Waals surface area (Å²) in [6.45, 7) is 0. The number of rotatable bonds is 4. The van der Waals surface area contributed by atoms with Gasteiger partial charge in [0.05, 0.1) is 6.26 Å². The number of aliphatic carboxylic acids is 1. The number of carboxylic acid groups (broad SMARTS) is 1. The van der Waals surface area contributed by atoms with Crippen LogP contribution in [0.15, 0.2) is 18.2 Å². The standard InChI is InChI=1S/C13H17NO5S/c1-20(18,19)14-11-5-4-8-6-10(12(15)13(16)17)3-2-9(8)7-11/h2-3,6,11-12,14-15H,4-5,7H2,1H3,(H,16,17). The van der Waals surface area contributed by atoms with Crippen molar-refractivity contribution in [2.75, 3.05) is 6.26 Å². The molecule has 0 aromatic heterocycles. The second-order valence-electron chi connectivity index (χ2n) is 5.10. The Labute approximate surface area is 117 Å². The van der Waals surface area contributed by atoms with Crippen LogP contribution in [0, 0.1) is 0 Å². The number of sulfonamides is 1. The number of nitrogens with one attached hydrogen (secondary N) is 1. The molecule has 0 spiro atoms. The van der Waals surface area contributed by atoms with Crippen molar-refractivity contribution in [1.29, 1.82) is 0 Å². The largest absolute Gasteiger partial charge is 0.479 e. The Balaban J connectivity index is 2.17. The third-order valence-corrected chi connectivity index (χ3v) is 4.15. The summed E-state index contributed by atoms with van der Waals surface area (Å²) in [5, 5.41) is 18.3. The summed E-state index contributed by atoms with van der Waals surface area (Å²) in [6, 6.07) is 4.88. The molecule has 2 rings (SSSR count). The van der Waals surface area contributed by atoms with Gasteiger partial charge >= 0.3 is 5.97 Å². The number of aryl methyl sites for hydroxylation is 1. The van der Waals surface area contributed by atoms with E-state index in [2.05, 4.69) is 4.72 Å². The van der Waals surface area contributed by atoms with Crippen molar-refractivity contribution in [2.24, 2.45) is 0 Å². The third-order valence-electron chi connectivity index (χ3n) is 3.39. The first kappa shape index (κ1) is 15.0. The molecule has 0 saturated carbocycles. The van der Waals surface area contributed by atoms with Crippen molar-refractivity contribution in [3.8, 4) is 0 Å². The quantitative estimate of drug-likeness (QED) is 0.737. The predicted octanol–water partition coefficient (Wildman–Crippen LogP) is 0.211. The molecule has 0 heterocycles. The maximum Gasteiger partial charge on any atom is 0.337 e. The van der Waals surface area contributed by atoms with Gasteiger partial charge in [-0.15, -0.1) is 0 Å². The molecule has 110 valence electrons. The van der Waals surface area contributed by atoms with Gasteiger partial charge in [-0.3, -0.25) is 0 Å². The molecule has 1 aromatic rings. The van der Waals surface area contributed by atoms with Crippen molar-refractivity contribution >= 4 is 16.0 Å². The second kappa shape index (κ2) is 5.51. The first-order valence-electron chi connectivity index (χ1n) is 6.26. The minimum atomic E-state index is -3.23. The van der Waals surface area contributed by atoms with Crippen LogP contribution in [0.2, 0.25) is 0 Å². The highest BCUT2D eigenvalue weighted by Gasteiger charge is 2.23. The molecular formula is C13H17NO5S. The van der Waals surface area contributed by atoms with Gasteiger partial charge in [-0.1, -0.05) is 18.2 Å². The molecule has 7 heteroatoms. The average Bonchev–Trinajstić information content (AvgIpc) is 2.35. The second-order valence-corrected chi connectivity index (χ2v) is 6.88. The fourth-order valence-electron chi connectivity index (χ4n) is 2.49. The van der Waals surface area contributed by atoms with E-state index in [1.54, 1.807) is 18.2 Å². The topological polar surface area (TPSA) is 104 Å². The van der Waals surface area contributed by atoms with Gasteiger partial charge in [-0.05, 0) is 36.0 Å². The molecule has 0 saturated heterocycles. The molecule has 0 radical (unpaired) electrons. The Morgan fingerprint density at radius 3 is 2.70 bits per heavy atom. The summed E-state index contributed by atoms with van der Waals surface area (Å²) in [6.07, 6.45) is 1.50.